The van der Waals surface area contributed by atoms with Crippen molar-refractivity contribution in [2.24, 2.45) is 17.8 Å². The molecule has 3 aliphatic rings. The van der Waals surface area contributed by atoms with E-state index in [1.807, 2.05) is 18.5 Å². The van der Waals surface area contributed by atoms with E-state index in [0.717, 1.165) is 24.3 Å². The maximum absolute atomic E-state index is 4.21. The first-order chi connectivity index (χ1) is 10.4. The molecule has 112 valence electrons. The molecule has 1 aromatic rings. The van der Waals surface area contributed by atoms with E-state index >= 15 is 0 Å². The fourth-order valence-corrected chi connectivity index (χ4v) is 4.32. The van der Waals surface area contributed by atoms with Crippen molar-refractivity contribution in [3.8, 4) is 0 Å². The van der Waals surface area contributed by atoms with Crippen molar-refractivity contribution in [2.45, 2.75) is 19.4 Å². The average molecular weight is 283 g/mol. The summed E-state index contributed by atoms with van der Waals surface area (Å²) in [6.07, 6.45) is 11.7. The van der Waals surface area contributed by atoms with Crippen LogP contribution in [-0.4, -0.2) is 47.5 Å². The zero-order chi connectivity index (χ0) is 14.1. The Morgan fingerprint density at radius 1 is 1.05 bits per heavy atom. The smallest absolute Gasteiger partial charge is 0.0312 e. The normalized spacial score (nSPS) is 32.9. The van der Waals surface area contributed by atoms with Crippen LogP contribution in [0, 0.1) is 17.8 Å². The standard InChI is InChI=1S/C18H25N3/c1-2-16(12-19-5-1)13-20-6-8-21(9-7-20)14-18-11-15-3-4-17(18)10-15/h1-5,12,15,17-18H,6-11,13-14H2/t15-,17-,18-/m0/s1. The van der Waals surface area contributed by atoms with Crippen LogP contribution >= 0.6 is 0 Å². The lowest BCUT2D eigenvalue weighted by Gasteiger charge is -2.36. The zero-order valence-electron chi connectivity index (χ0n) is 12.7. The molecule has 4 rings (SSSR count). The van der Waals surface area contributed by atoms with Crippen molar-refractivity contribution in [3.63, 3.8) is 0 Å². The number of aromatic nitrogens is 1. The van der Waals surface area contributed by atoms with Crippen LogP contribution in [-0.2, 0) is 6.54 Å². The van der Waals surface area contributed by atoms with Crippen molar-refractivity contribution in [2.75, 3.05) is 32.7 Å². The third kappa shape index (κ3) is 3.04. The lowest BCUT2D eigenvalue weighted by molar-refractivity contribution is 0.108. The van der Waals surface area contributed by atoms with Crippen LogP contribution in [0.25, 0.3) is 0 Å². The van der Waals surface area contributed by atoms with Crippen molar-refractivity contribution >= 4 is 0 Å². The molecule has 3 atom stereocenters. The van der Waals surface area contributed by atoms with Gasteiger partial charge in [-0.25, -0.2) is 0 Å². The quantitative estimate of drug-likeness (QED) is 0.791. The van der Waals surface area contributed by atoms with Crippen molar-refractivity contribution in [1.29, 1.82) is 0 Å². The molecule has 0 radical (unpaired) electrons. The van der Waals surface area contributed by atoms with Gasteiger partial charge in [0.05, 0.1) is 0 Å². The zero-order valence-corrected chi connectivity index (χ0v) is 12.7. The van der Waals surface area contributed by atoms with E-state index in [4.69, 9.17) is 0 Å². The summed E-state index contributed by atoms with van der Waals surface area (Å²) >= 11 is 0. The Labute approximate surface area is 127 Å². The molecule has 2 heterocycles. The minimum Gasteiger partial charge on any atom is -0.300 e. The largest absolute Gasteiger partial charge is 0.300 e. The Morgan fingerprint density at radius 3 is 2.57 bits per heavy atom. The first-order valence-electron chi connectivity index (χ1n) is 8.39. The van der Waals surface area contributed by atoms with Crippen LogP contribution in [0.15, 0.2) is 36.7 Å². The summed E-state index contributed by atoms with van der Waals surface area (Å²) in [6, 6.07) is 4.22. The summed E-state index contributed by atoms with van der Waals surface area (Å²) in [5, 5.41) is 0. The lowest BCUT2D eigenvalue weighted by atomic mass is 9.93. The third-order valence-electron chi connectivity index (χ3n) is 5.50. The molecule has 3 heteroatoms. The molecule has 1 saturated carbocycles. The van der Waals surface area contributed by atoms with Gasteiger partial charge in [-0.2, -0.15) is 0 Å². The number of nitrogens with zero attached hydrogens (tertiary/aromatic N) is 3. The second kappa shape index (κ2) is 5.90. The average Bonchev–Trinajstić information content (AvgIpc) is 3.13. The number of piperazine rings is 1. The third-order valence-corrected chi connectivity index (χ3v) is 5.50. The van der Waals surface area contributed by atoms with Gasteiger partial charge >= 0.3 is 0 Å². The summed E-state index contributed by atoms with van der Waals surface area (Å²) in [5.74, 6) is 2.74. The minimum absolute atomic E-state index is 0.892. The Morgan fingerprint density at radius 2 is 1.90 bits per heavy atom. The molecule has 2 bridgehead atoms. The minimum atomic E-state index is 0.892. The van der Waals surface area contributed by atoms with E-state index in [-0.39, 0.29) is 0 Å². The molecule has 0 aromatic carbocycles. The number of fused-ring (bicyclic) bond motifs is 2. The fourth-order valence-electron chi connectivity index (χ4n) is 4.32. The van der Waals surface area contributed by atoms with E-state index in [9.17, 15) is 0 Å². The van der Waals surface area contributed by atoms with Crippen LogP contribution in [0.1, 0.15) is 18.4 Å². The van der Waals surface area contributed by atoms with Gasteiger partial charge in [-0.05, 0) is 42.2 Å². The highest BCUT2D eigenvalue weighted by Gasteiger charge is 2.36. The topological polar surface area (TPSA) is 19.4 Å². The van der Waals surface area contributed by atoms with E-state index in [2.05, 4.69) is 33.0 Å². The second-order valence-electron chi connectivity index (χ2n) is 6.98. The van der Waals surface area contributed by atoms with Crippen LogP contribution in [0.2, 0.25) is 0 Å². The highest BCUT2D eigenvalue weighted by molar-refractivity contribution is 5.11. The van der Waals surface area contributed by atoms with Crippen molar-refractivity contribution < 1.29 is 0 Å². The van der Waals surface area contributed by atoms with Gasteiger partial charge in [0.2, 0.25) is 0 Å². The van der Waals surface area contributed by atoms with Crippen LogP contribution in [0.3, 0.4) is 0 Å². The maximum Gasteiger partial charge on any atom is 0.0312 e. The molecular formula is C18H25N3. The molecular weight excluding hydrogens is 258 g/mol. The lowest BCUT2D eigenvalue weighted by Crippen LogP contribution is -2.47. The number of hydrogen-bond donors (Lipinski definition) is 0. The van der Waals surface area contributed by atoms with E-state index in [1.165, 1.54) is 51.1 Å². The SMILES string of the molecule is C1=C[C@H]2C[C@H]1C[C@H]2CN1CCN(Cc2cccnc2)CC1. The van der Waals surface area contributed by atoms with Gasteiger partial charge in [0.25, 0.3) is 0 Å². The highest BCUT2D eigenvalue weighted by atomic mass is 15.3. The molecule has 21 heavy (non-hydrogen) atoms. The monoisotopic (exact) mass is 283 g/mol. The summed E-state index contributed by atoms with van der Waals surface area (Å²) < 4.78 is 0. The predicted octanol–water partition coefficient (Wildman–Crippen LogP) is 2.41. The Hall–Kier alpha value is -1.19. The summed E-state index contributed by atoms with van der Waals surface area (Å²) in [5.41, 5.74) is 1.34. The Bertz CT molecular complexity index is 490. The highest BCUT2D eigenvalue weighted by Crippen LogP contribution is 2.43. The van der Waals surface area contributed by atoms with Crippen LogP contribution in [0.5, 0.6) is 0 Å². The number of pyridine rings is 1. The van der Waals surface area contributed by atoms with Gasteiger partial charge in [-0.15, -0.1) is 0 Å². The maximum atomic E-state index is 4.21. The van der Waals surface area contributed by atoms with Gasteiger partial charge in [0, 0.05) is 51.7 Å². The molecule has 3 nitrogen and oxygen atoms in total. The van der Waals surface area contributed by atoms with Crippen LogP contribution in [0.4, 0.5) is 0 Å². The molecule has 0 amide bonds. The summed E-state index contributed by atoms with van der Waals surface area (Å²) in [4.78, 5) is 9.47. The van der Waals surface area contributed by atoms with Gasteiger partial charge in [0.1, 0.15) is 0 Å². The van der Waals surface area contributed by atoms with Gasteiger partial charge in [0.15, 0.2) is 0 Å². The van der Waals surface area contributed by atoms with Crippen LogP contribution < -0.4 is 0 Å². The molecule has 0 spiro atoms. The molecule has 1 aromatic heterocycles. The molecule has 0 N–H and O–H groups in total. The van der Waals surface area contributed by atoms with E-state index < -0.39 is 0 Å². The Kier molecular flexibility index (Phi) is 3.78. The van der Waals surface area contributed by atoms with Gasteiger partial charge < -0.3 is 4.90 Å². The number of allylic oxidation sites excluding steroid dienone is 2. The summed E-state index contributed by atoms with van der Waals surface area (Å²) in [7, 11) is 0. The first kappa shape index (κ1) is 13.5. The van der Waals surface area contributed by atoms with Gasteiger partial charge in [-0.1, -0.05) is 18.2 Å². The van der Waals surface area contributed by atoms with Crippen molar-refractivity contribution in [1.82, 2.24) is 14.8 Å². The second-order valence-corrected chi connectivity index (χ2v) is 6.98. The van der Waals surface area contributed by atoms with Crippen molar-refractivity contribution in [3.05, 3.63) is 42.2 Å². The number of hydrogen-bond acceptors (Lipinski definition) is 3. The molecule has 1 saturated heterocycles. The molecule has 2 aliphatic carbocycles. The van der Waals surface area contributed by atoms with E-state index in [0.29, 0.717) is 0 Å². The Balaban J connectivity index is 1.24. The van der Waals surface area contributed by atoms with E-state index in [1.54, 1.807) is 0 Å². The molecule has 1 aliphatic heterocycles. The first-order valence-corrected chi connectivity index (χ1v) is 8.39. The molecule has 2 fully saturated rings. The summed E-state index contributed by atoms with van der Waals surface area (Å²) in [6.45, 7) is 7.25. The van der Waals surface area contributed by atoms with Gasteiger partial charge in [-0.3, -0.25) is 9.88 Å². The predicted molar refractivity (Wildman–Crippen MR) is 84.8 cm³/mol. The number of rotatable bonds is 4. The molecule has 0 unspecified atom stereocenters. The fraction of sp³-hybridized carbons (Fsp3) is 0.611.